The van der Waals surface area contributed by atoms with E-state index in [-0.39, 0.29) is 22.9 Å². The Kier molecular flexibility index (Phi) is 4.75. The number of sulfonamides is 1. The molecule has 3 amide bonds. The number of carbonyl (C=O) groups excluding carboxylic acids is 2. The van der Waals surface area contributed by atoms with Gasteiger partial charge in [-0.1, -0.05) is 24.6 Å². The number of fused-ring (bicyclic) bond motifs is 1. The minimum atomic E-state index is -4.22. The van der Waals surface area contributed by atoms with E-state index in [4.69, 9.17) is 4.42 Å². The zero-order valence-electron chi connectivity index (χ0n) is 16.7. The van der Waals surface area contributed by atoms with Crippen LogP contribution in [0.4, 0.5) is 9.18 Å². The first kappa shape index (κ1) is 20.6. The van der Waals surface area contributed by atoms with E-state index >= 15 is 0 Å². The van der Waals surface area contributed by atoms with Crippen molar-refractivity contribution < 1.29 is 26.8 Å². The third kappa shape index (κ3) is 3.33. The quantitative estimate of drug-likeness (QED) is 0.503. The molecule has 3 N–H and O–H groups in total. The van der Waals surface area contributed by atoms with Gasteiger partial charge in [-0.2, -0.15) is 0 Å². The van der Waals surface area contributed by atoms with Crippen LogP contribution in [0.3, 0.4) is 0 Å². The monoisotopic (exact) mass is 458 g/mol. The maximum Gasteiger partial charge on any atom is 0.322 e. The van der Waals surface area contributed by atoms with Crippen LogP contribution in [0, 0.1) is 11.7 Å². The molecule has 166 valence electrons. The second-order valence-electron chi connectivity index (χ2n) is 7.97. The molecular weight excluding hydrogens is 439 g/mol. The molecule has 9 nitrogen and oxygen atoms in total. The average Bonchev–Trinajstić information content (AvgIpc) is 3.44. The van der Waals surface area contributed by atoms with Gasteiger partial charge in [0.25, 0.3) is 5.91 Å². The predicted octanol–water partition coefficient (Wildman–Crippen LogP) is 2.29. The number of amides is 3. The van der Waals surface area contributed by atoms with Crippen molar-refractivity contribution in [1.82, 2.24) is 20.3 Å². The Morgan fingerprint density at radius 2 is 2.06 bits per heavy atom. The molecule has 32 heavy (non-hydrogen) atoms. The van der Waals surface area contributed by atoms with Gasteiger partial charge in [0.15, 0.2) is 5.76 Å². The summed E-state index contributed by atoms with van der Waals surface area (Å²) in [6, 6.07) is 9.06. The van der Waals surface area contributed by atoms with Gasteiger partial charge in [0.2, 0.25) is 10.0 Å². The molecule has 2 unspecified atom stereocenters. The maximum absolute atomic E-state index is 14.0. The fourth-order valence-corrected chi connectivity index (χ4v) is 5.77. The van der Waals surface area contributed by atoms with E-state index in [9.17, 15) is 22.4 Å². The molecule has 1 aliphatic carbocycles. The number of rotatable bonds is 5. The van der Waals surface area contributed by atoms with Crippen LogP contribution in [0.15, 0.2) is 51.9 Å². The number of hydrogen-bond donors (Lipinski definition) is 3. The zero-order valence-corrected chi connectivity index (χ0v) is 17.5. The number of hydrogen-bond acceptors (Lipinski definition) is 6. The van der Waals surface area contributed by atoms with Crippen LogP contribution >= 0.6 is 0 Å². The van der Waals surface area contributed by atoms with Crippen molar-refractivity contribution in [3.63, 3.8) is 0 Å². The lowest BCUT2D eigenvalue weighted by Crippen LogP contribution is -2.53. The van der Waals surface area contributed by atoms with Crippen molar-refractivity contribution in [2.45, 2.75) is 29.7 Å². The highest BCUT2D eigenvalue weighted by molar-refractivity contribution is 7.89. The van der Waals surface area contributed by atoms with Crippen molar-refractivity contribution >= 4 is 32.9 Å². The fourth-order valence-electron chi connectivity index (χ4n) is 4.52. The number of pyridine rings is 1. The van der Waals surface area contributed by atoms with Crippen LogP contribution < -0.4 is 15.4 Å². The molecule has 3 aromatic rings. The highest BCUT2D eigenvalue weighted by Crippen LogP contribution is 2.38. The average molecular weight is 458 g/mol. The number of halogens is 1. The normalized spacial score (nSPS) is 23.1. The Morgan fingerprint density at radius 1 is 1.25 bits per heavy atom. The second kappa shape index (κ2) is 7.38. The highest BCUT2D eigenvalue weighted by atomic mass is 32.2. The zero-order chi connectivity index (χ0) is 22.5. The van der Waals surface area contributed by atoms with E-state index in [2.05, 4.69) is 20.3 Å². The van der Waals surface area contributed by atoms with Gasteiger partial charge in [-0.3, -0.25) is 10.1 Å². The maximum atomic E-state index is 14.0. The Balaban J connectivity index is 1.46. The lowest BCUT2D eigenvalue weighted by molar-refractivity contribution is -0.125. The first-order chi connectivity index (χ1) is 15.3. The number of benzene rings is 1. The van der Waals surface area contributed by atoms with Crippen molar-refractivity contribution in [1.29, 1.82) is 0 Å². The van der Waals surface area contributed by atoms with Crippen LogP contribution in [0.1, 0.15) is 19.3 Å². The number of nitrogens with one attached hydrogen (secondary N) is 3. The van der Waals surface area contributed by atoms with E-state index in [1.165, 1.54) is 0 Å². The van der Waals surface area contributed by atoms with Crippen LogP contribution in [-0.4, -0.2) is 37.4 Å². The lowest BCUT2D eigenvalue weighted by atomic mass is 9.87. The van der Waals surface area contributed by atoms with Gasteiger partial charge >= 0.3 is 6.03 Å². The number of carbonyl (C=O) groups is 2. The molecule has 5 rings (SSSR count). The molecule has 2 aliphatic rings. The molecule has 2 aromatic heterocycles. The third-order valence-electron chi connectivity index (χ3n) is 6.08. The number of imide groups is 1. The van der Waals surface area contributed by atoms with Crippen LogP contribution in [0.5, 0.6) is 0 Å². The van der Waals surface area contributed by atoms with Crippen LogP contribution in [0.2, 0.25) is 0 Å². The predicted molar refractivity (Wildman–Crippen MR) is 111 cm³/mol. The minimum Gasteiger partial charge on any atom is -0.454 e. The van der Waals surface area contributed by atoms with Gasteiger partial charge in [-0.15, -0.1) is 0 Å². The topological polar surface area (TPSA) is 130 Å². The smallest absolute Gasteiger partial charge is 0.322 e. The largest absolute Gasteiger partial charge is 0.454 e. The molecule has 1 saturated carbocycles. The van der Waals surface area contributed by atoms with Gasteiger partial charge in [-0.05, 0) is 31.0 Å². The highest BCUT2D eigenvalue weighted by Gasteiger charge is 2.54. The van der Waals surface area contributed by atoms with E-state index in [0.29, 0.717) is 24.8 Å². The van der Waals surface area contributed by atoms with Crippen molar-refractivity contribution in [3.05, 3.63) is 48.4 Å². The van der Waals surface area contributed by atoms with Gasteiger partial charge in [0, 0.05) is 17.8 Å². The summed E-state index contributed by atoms with van der Waals surface area (Å²) in [5.74, 6) is -1.53. The Morgan fingerprint density at radius 3 is 2.81 bits per heavy atom. The lowest BCUT2D eigenvalue weighted by Gasteiger charge is -2.28. The molecule has 11 heteroatoms. The van der Waals surface area contributed by atoms with Gasteiger partial charge in [0.1, 0.15) is 27.5 Å². The summed E-state index contributed by atoms with van der Waals surface area (Å²) in [4.78, 5) is 27.6. The van der Waals surface area contributed by atoms with E-state index in [0.717, 1.165) is 17.6 Å². The summed E-state index contributed by atoms with van der Waals surface area (Å²) < 4.78 is 48.5. The number of para-hydroxylation sites is 1. The summed E-state index contributed by atoms with van der Waals surface area (Å²) in [5.41, 5.74) is -0.620. The number of urea groups is 1. The van der Waals surface area contributed by atoms with Gasteiger partial charge < -0.3 is 9.73 Å². The molecular formula is C21H19FN4O5S. The summed E-state index contributed by atoms with van der Waals surface area (Å²) in [7, 11) is -4.22. The standard InChI is InChI=1S/C21H19FN4O5S/c22-14-9-17(18(23-11-14)16-8-12-4-1-2-6-15(12)31-16)32(29,30)24-10-13-5-3-7-21(13)19(27)25-20(28)26-21/h1-2,4,6,8-9,11,13,24H,3,5,7,10H2,(H2,25,26,27,28). The molecule has 1 spiro atoms. The molecule has 3 heterocycles. The van der Waals surface area contributed by atoms with Crippen molar-refractivity contribution in [2.75, 3.05) is 6.54 Å². The molecule has 0 bridgehead atoms. The fraction of sp³-hybridized carbons (Fsp3) is 0.286. The second-order valence-corrected chi connectivity index (χ2v) is 9.70. The first-order valence-electron chi connectivity index (χ1n) is 10.1. The van der Waals surface area contributed by atoms with Crippen molar-refractivity contribution in [2.24, 2.45) is 5.92 Å². The van der Waals surface area contributed by atoms with E-state index in [1.54, 1.807) is 24.3 Å². The van der Waals surface area contributed by atoms with Gasteiger partial charge in [0.05, 0.1) is 6.20 Å². The molecule has 1 aliphatic heterocycles. The number of furan rings is 1. The summed E-state index contributed by atoms with van der Waals surface area (Å²) in [6.07, 6.45) is 2.55. The SMILES string of the molecule is O=C1NC(=O)C2(CCCC2CNS(=O)(=O)c2cc(F)cnc2-c2cc3ccccc3o2)N1. The number of aromatic nitrogens is 1. The van der Waals surface area contributed by atoms with Gasteiger partial charge in [-0.25, -0.2) is 27.3 Å². The molecule has 2 fully saturated rings. The van der Waals surface area contributed by atoms with Crippen molar-refractivity contribution in [3.8, 4) is 11.5 Å². The summed E-state index contributed by atoms with van der Waals surface area (Å²) in [5, 5.41) is 5.62. The molecule has 0 radical (unpaired) electrons. The first-order valence-corrected chi connectivity index (χ1v) is 11.5. The van der Waals surface area contributed by atoms with E-state index in [1.807, 2.05) is 6.07 Å². The Labute approximate surface area is 182 Å². The van der Waals surface area contributed by atoms with Crippen LogP contribution in [-0.2, 0) is 14.8 Å². The third-order valence-corrected chi connectivity index (χ3v) is 7.51. The summed E-state index contributed by atoms with van der Waals surface area (Å²) in [6.45, 7) is -0.105. The Bertz CT molecular complexity index is 1320. The number of nitrogens with zero attached hydrogens (tertiary/aromatic N) is 1. The molecule has 2 atom stereocenters. The minimum absolute atomic E-state index is 0.0249. The van der Waals surface area contributed by atoms with E-state index < -0.39 is 39.2 Å². The molecule has 1 aromatic carbocycles. The van der Waals surface area contributed by atoms with Crippen LogP contribution in [0.25, 0.3) is 22.4 Å². The summed E-state index contributed by atoms with van der Waals surface area (Å²) >= 11 is 0. The Hall–Kier alpha value is -3.31. The molecule has 1 saturated heterocycles.